The van der Waals surface area contributed by atoms with E-state index < -0.39 is 27.8 Å². The maximum atomic E-state index is 12.5. The van der Waals surface area contributed by atoms with Crippen LogP contribution < -0.4 is 15.4 Å². The topological polar surface area (TPSA) is 161 Å². The average Bonchev–Trinajstić information content (AvgIpc) is 2.77. The van der Waals surface area contributed by atoms with E-state index in [1.807, 2.05) is 4.72 Å². The Labute approximate surface area is 191 Å². The maximum Gasteiger partial charge on any atom is 0.325 e. The van der Waals surface area contributed by atoms with Gasteiger partial charge in [-0.2, -0.15) is 0 Å². The molecule has 0 aliphatic heterocycles. The highest BCUT2D eigenvalue weighted by Gasteiger charge is 2.20. The second-order valence-corrected chi connectivity index (χ2v) is 8.65. The molecule has 0 aliphatic rings. The summed E-state index contributed by atoms with van der Waals surface area (Å²) in [5.41, 5.74) is 0.0960. The molecule has 0 unspecified atom stereocenters. The van der Waals surface area contributed by atoms with Crippen LogP contribution in [0.3, 0.4) is 0 Å². The van der Waals surface area contributed by atoms with Gasteiger partial charge in [0.1, 0.15) is 12.2 Å². The third-order valence-electron chi connectivity index (χ3n) is 4.01. The van der Waals surface area contributed by atoms with Crippen molar-refractivity contribution in [3.05, 3.63) is 59.4 Å². The molecule has 0 bridgehead atoms. The van der Waals surface area contributed by atoms with Gasteiger partial charge in [0, 0.05) is 18.3 Å². The van der Waals surface area contributed by atoms with Crippen LogP contribution in [0, 0.1) is 0 Å². The van der Waals surface area contributed by atoms with Crippen molar-refractivity contribution in [3.63, 3.8) is 0 Å². The van der Waals surface area contributed by atoms with Crippen molar-refractivity contribution < 1.29 is 32.3 Å². The fourth-order valence-electron chi connectivity index (χ4n) is 2.50. The lowest BCUT2D eigenvalue weighted by Crippen LogP contribution is -2.32. The first-order chi connectivity index (χ1) is 15.5. The van der Waals surface area contributed by atoms with E-state index in [2.05, 4.69) is 15.6 Å². The Morgan fingerprint density at radius 2 is 1.55 bits per heavy atom. The van der Waals surface area contributed by atoms with Crippen LogP contribution in [0.4, 0.5) is 0 Å². The van der Waals surface area contributed by atoms with Crippen molar-refractivity contribution in [3.8, 4) is 0 Å². The van der Waals surface area contributed by atoms with Gasteiger partial charge in [-0.25, -0.2) is 13.1 Å². The number of hydrogen-bond acceptors (Lipinski definition) is 8. The minimum absolute atomic E-state index is 0.0762. The molecule has 12 heteroatoms. The summed E-state index contributed by atoms with van der Waals surface area (Å²) < 4.78 is 31.7. The number of rotatable bonds is 9. The van der Waals surface area contributed by atoms with Gasteiger partial charge in [0.15, 0.2) is 0 Å². The van der Waals surface area contributed by atoms with Crippen LogP contribution in [-0.4, -0.2) is 56.3 Å². The highest BCUT2D eigenvalue weighted by Crippen LogP contribution is 2.12. The van der Waals surface area contributed by atoms with E-state index in [0.29, 0.717) is 6.54 Å². The van der Waals surface area contributed by atoms with E-state index in [1.54, 1.807) is 20.8 Å². The minimum Gasteiger partial charge on any atom is -0.462 e. The number of aromatic nitrogens is 1. The van der Waals surface area contributed by atoms with Gasteiger partial charge in [-0.15, -0.1) is 0 Å². The number of amides is 3. The number of hydrogen-bond donors (Lipinski definition) is 3. The molecule has 0 saturated heterocycles. The van der Waals surface area contributed by atoms with Crippen molar-refractivity contribution in [1.82, 2.24) is 20.3 Å². The molecule has 3 amide bonds. The largest absolute Gasteiger partial charge is 0.462 e. The van der Waals surface area contributed by atoms with Crippen molar-refractivity contribution >= 4 is 33.7 Å². The van der Waals surface area contributed by atoms with Gasteiger partial charge >= 0.3 is 5.97 Å². The second-order valence-electron chi connectivity index (χ2n) is 6.97. The van der Waals surface area contributed by atoms with Gasteiger partial charge in [0.25, 0.3) is 27.7 Å². The van der Waals surface area contributed by atoms with Crippen molar-refractivity contribution in [2.75, 3.05) is 13.1 Å². The first-order valence-corrected chi connectivity index (χ1v) is 11.4. The molecule has 1 aromatic heterocycles. The lowest BCUT2D eigenvalue weighted by Gasteiger charge is -2.09. The third kappa shape index (κ3) is 7.38. The molecule has 176 valence electrons. The van der Waals surface area contributed by atoms with Gasteiger partial charge in [0.05, 0.1) is 16.6 Å². The van der Waals surface area contributed by atoms with Crippen LogP contribution in [0.15, 0.2) is 47.5 Å². The minimum atomic E-state index is -4.21. The van der Waals surface area contributed by atoms with Crippen molar-refractivity contribution in [2.24, 2.45) is 0 Å². The Bertz CT molecular complexity index is 1130. The summed E-state index contributed by atoms with van der Waals surface area (Å²) in [6.45, 7) is 5.18. The predicted molar refractivity (Wildman–Crippen MR) is 117 cm³/mol. The molecule has 2 rings (SSSR count). The van der Waals surface area contributed by atoms with Crippen LogP contribution in [0.1, 0.15) is 52.0 Å². The number of ether oxygens (including phenoxy) is 1. The quantitative estimate of drug-likeness (QED) is 0.444. The van der Waals surface area contributed by atoms with Crippen LogP contribution in [0.5, 0.6) is 0 Å². The van der Waals surface area contributed by atoms with E-state index in [-0.39, 0.29) is 40.3 Å². The SMILES string of the molecule is CCNC(=O)c1ccc(S(=O)(=O)NC(=O)c2ccc(C(=O)NCC(=O)OC(C)C)nc2)cc1. The highest BCUT2D eigenvalue weighted by atomic mass is 32.2. The normalized spacial score (nSPS) is 10.9. The number of nitrogens with one attached hydrogen (secondary N) is 3. The number of sulfonamides is 1. The average molecular weight is 477 g/mol. The second kappa shape index (κ2) is 11.2. The molecule has 0 atom stereocenters. The molecule has 33 heavy (non-hydrogen) atoms. The molecule has 1 aromatic carbocycles. The molecular formula is C21H24N4O7S. The maximum absolute atomic E-state index is 12.5. The summed E-state index contributed by atoms with van der Waals surface area (Å²) in [5.74, 6) is -2.58. The molecule has 3 N–H and O–H groups in total. The number of esters is 1. The molecule has 1 heterocycles. The summed E-state index contributed by atoms with van der Waals surface area (Å²) in [4.78, 5) is 51.2. The lowest BCUT2D eigenvalue weighted by molar-refractivity contribution is -0.146. The molecule has 11 nitrogen and oxygen atoms in total. The molecular weight excluding hydrogens is 452 g/mol. The van der Waals surface area contributed by atoms with Gasteiger partial charge in [0.2, 0.25) is 0 Å². The Morgan fingerprint density at radius 1 is 0.909 bits per heavy atom. The van der Waals surface area contributed by atoms with Crippen molar-refractivity contribution in [2.45, 2.75) is 31.8 Å². The molecule has 2 aromatic rings. The van der Waals surface area contributed by atoms with Gasteiger partial charge < -0.3 is 15.4 Å². The smallest absolute Gasteiger partial charge is 0.325 e. The number of carbonyl (C=O) groups excluding carboxylic acids is 4. The van der Waals surface area contributed by atoms with Crippen LogP contribution in [0.2, 0.25) is 0 Å². The van der Waals surface area contributed by atoms with E-state index >= 15 is 0 Å². The fraction of sp³-hybridized carbons (Fsp3) is 0.286. The van der Waals surface area contributed by atoms with Crippen molar-refractivity contribution in [1.29, 1.82) is 0 Å². The summed E-state index contributed by atoms with van der Waals surface area (Å²) in [6.07, 6.45) is 0.713. The molecule has 0 aliphatic carbocycles. The molecule has 0 fully saturated rings. The van der Waals surface area contributed by atoms with E-state index in [0.717, 1.165) is 6.20 Å². The Balaban J connectivity index is 2.01. The molecule has 0 saturated carbocycles. The van der Waals surface area contributed by atoms with E-state index in [1.165, 1.54) is 36.4 Å². The summed E-state index contributed by atoms with van der Waals surface area (Å²) in [5, 5.41) is 4.92. The Hall–Kier alpha value is -3.80. The highest BCUT2D eigenvalue weighted by molar-refractivity contribution is 7.90. The zero-order chi connectivity index (χ0) is 24.6. The summed E-state index contributed by atoms with van der Waals surface area (Å²) in [7, 11) is -4.21. The standard InChI is InChI=1S/C21H24N4O7S/c1-4-22-19(27)14-5-8-16(9-6-14)33(30,31)25-20(28)15-7-10-17(23-11-15)21(29)24-12-18(26)32-13(2)3/h5-11,13H,4,12H2,1-3H3,(H,22,27)(H,24,29)(H,25,28). The first-order valence-electron chi connectivity index (χ1n) is 9.92. The molecule has 0 spiro atoms. The van der Waals surface area contributed by atoms with Crippen LogP contribution >= 0.6 is 0 Å². The van der Waals surface area contributed by atoms with Gasteiger partial charge in [-0.05, 0) is 57.2 Å². The number of benzene rings is 1. The number of nitrogens with zero attached hydrogens (tertiary/aromatic N) is 1. The van der Waals surface area contributed by atoms with Gasteiger partial charge in [-0.3, -0.25) is 24.2 Å². The van der Waals surface area contributed by atoms with Crippen LogP contribution in [0.25, 0.3) is 0 Å². The third-order valence-corrected chi connectivity index (χ3v) is 5.36. The fourth-order valence-corrected chi connectivity index (χ4v) is 3.47. The first kappa shape index (κ1) is 25.5. The lowest BCUT2D eigenvalue weighted by atomic mass is 10.2. The Morgan fingerprint density at radius 3 is 2.09 bits per heavy atom. The zero-order valence-electron chi connectivity index (χ0n) is 18.2. The Kier molecular flexibility index (Phi) is 8.63. The van der Waals surface area contributed by atoms with Crippen LogP contribution in [-0.2, 0) is 19.6 Å². The number of pyridine rings is 1. The monoisotopic (exact) mass is 476 g/mol. The summed E-state index contributed by atoms with van der Waals surface area (Å²) in [6, 6.07) is 7.50. The molecule has 0 radical (unpaired) electrons. The van der Waals surface area contributed by atoms with E-state index in [4.69, 9.17) is 4.74 Å². The number of carbonyl (C=O) groups is 4. The van der Waals surface area contributed by atoms with E-state index in [9.17, 15) is 27.6 Å². The summed E-state index contributed by atoms with van der Waals surface area (Å²) >= 11 is 0. The predicted octanol–water partition coefficient (Wildman–Crippen LogP) is 0.631. The van der Waals surface area contributed by atoms with Gasteiger partial charge in [-0.1, -0.05) is 0 Å². The zero-order valence-corrected chi connectivity index (χ0v) is 19.1.